The third-order valence-corrected chi connectivity index (χ3v) is 4.03. The van der Waals surface area contributed by atoms with Crippen LogP contribution in [0.1, 0.15) is 43.6 Å². The number of carbonyl (C=O) groups is 1. The number of rotatable bonds is 5. The van der Waals surface area contributed by atoms with Gasteiger partial charge in [-0.05, 0) is 38.0 Å². The molecule has 0 heterocycles. The van der Waals surface area contributed by atoms with Gasteiger partial charge in [0.05, 0.1) is 5.56 Å². The number of anilines is 1. The highest BCUT2D eigenvalue weighted by Gasteiger charge is 2.39. The first-order valence-corrected chi connectivity index (χ1v) is 8.38. The summed E-state index contributed by atoms with van der Waals surface area (Å²) in [5.74, 6) is -0.629. The predicted octanol–water partition coefficient (Wildman–Crippen LogP) is 5.74. The summed E-state index contributed by atoms with van der Waals surface area (Å²) in [7, 11) is 0. The minimum atomic E-state index is -4.56. The van der Waals surface area contributed by atoms with E-state index >= 15 is 0 Å². The Balaban J connectivity index is 2.85. The van der Waals surface area contributed by atoms with Gasteiger partial charge in [0.1, 0.15) is 6.10 Å². The number of alkyl halides is 3. The SMILES string of the molecule is CCNc1c(-c2ccccc2)cc(C)c(C(F)(F)F)c1C(C)OC(C)=O. The van der Waals surface area contributed by atoms with Gasteiger partial charge >= 0.3 is 12.1 Å². The monoisotopic (exact) mass is 365 g/mol. The fraction of sp³-hybridized carbons (Fsp3) is 0.350. The maximum Gasteiger partial charge on any atom is 0.417 e. The molecule has 2 rings (SSSR count). The predicted molar refractivity (Wildman–Crippen MR) is 96.0 cm³/mol. The number of hydrogen-bond acceptors (Lipinski definition) is 3. The van der Waals surface area contributed by atoms with Gasteiger partial charge in [-0.25, -0.2) is 0 Å². The Morgan fingerprint density at radius 2 is 1.85 bits per heavy atom. The molecule has 6 heteroatoms. The van der Waals surface area contributed by atoms with Crippen molar-refractivity contribution in [1.82, 2.24) is 0 Å². The van der Waals surface area contributed by atoms with Crippen LogP contribution < -0.4 is 5.32 Å². The molecule has 3 nitrogen and oxygen atoms in total. The van der Waals surface area contributed by atoms with E-state index in [2.05, 4.69) is 5.32 Å². The van der Waals surface area contributed by atoms with Crippen LogP contribution in [0.5, 0.6) is 0 Å². The molecule has 0 aromatic heterocycles. The second-order valence-electron chi connectivity index (χ2n) is 6.05. The molecule has 1 N–H and O–H groups in total. The first-order chi connectivity index (χ1) is 12.2. The van der Waals surface area contributed by atoms with Crippen LogP contribution in [0.2, 0.25) is 0 Å². The number of ether oxygens (including phenoxy) is 1. The van der Waals surface area contributed by atoms with Crippen molar-refractivity contribution < 1.29 is 22.7 Å². The normalized spacial score (nSPS) is 12.6. The van der Waals surface area contributed by atoms with Gasteiger partial charge in [-0.15, -0.1) is 0 Å². The first-order valence-electron chi connectivity index (χ1n) is 8.38. The summed E-state index contributed by atoms with van der Waals surface area (Å²) in [4.78, 5) is 11.4. The van der Waals surface area contributed by atoms with Crippen molar-refractivity contribution in [1.29, 1.82) is 0 Å². The zero-order chi connectivity index (χ0) is 19.5. The fourth-order valence-corrected chi connectivity index (χ4v) is 3.15. The molecular formula is C20H22F3NO2. The van der Waals surface area contributed by atoms with Crippen LogP contribution in [0.25, 0.3) is 11.1 Å². The van der Waals surface area contributed by atoms with Crippen molar-refractivity contribution in [3.8, 4) is 11.1 Å². The Morgan fingerprint density at radius 1 is 1.23 bits per heavy atom. The van der Waals surface area contributed by atoms with Crippen LogP contribution in [-0.2, 0) is 15.7 Å². The standard InChI is InChI=1S/C20H22F3NO2/c1-5-24-19-16(15-9-7-6-8-10-15)11-12(2)18(20(21,22)23)17(19)13(3)26-14(4)25/h6-11,13,24H,5H2,1-4H3. The van der Waals surface area contributed by atoms with Crippen molar-refractivity contribution in [2.75, 3.05) is 11.9 Å². The van der Waals surface area contributed by atoms with E-state index in [-0.39, 0.29) is 11.1 Å². The van der Waals surface area contributed by atoms with Crippen molar-refractivity contribution >= 4 is 11.7 Å². The highest BCUT2D eigenvalue weighted by atomic mass is 19.4. The summed E-state index contributed by atoms with van der Waals surface area (Å²) in [6.07, 6.45) is -5.60. The highest BCUT2D eigenvalue weighted by molar-refractivity contribution is 5.83. The van der Waals surface area contributed by atoms with Gasteiger partial charge in [-0.1, -0.05) is 30.3 Å². The summed E-state index contributed by atoms with van der Waals surface area (Å²) in [5, 5.41) is 3.05. The Kier molecular flexibility index (Phi) is 5.95. The molecule has 0 fully saturated rings. The lowest BCUT2D eigenvalue weighted by Crippen LogP contribution is -2.19. The zero-order valence-corrected chi connectivity index (χ0v) is 15.2. The molecule has 1 atom stereocenters. The first kappa shape index (κ1) is 19.8. The number of benzene rings is 2. The van der Waals surface area contributed by atoms with E-state index in [0.29, 0.717) is 17.8 Å². The molecule has 0 bridgehead atoms. The topological polar surface area (TPSA) is 38.3 Å². The van der Waals surface area contributed by atoms with E-state index in [1.165, 1.54) is 26.8 Å². The molecule has 0 saturated heterocycles. The van der Waals surface area contributed by atoms with E-state index in [1.807, 2.05) is 37.3 Å². The highest BCUT2D eigenvalue weighted by Crippen LogP contribution is 2.45. The van der Waals surface area contributed by atoms with Crippen molar-refractivity contribution in [3.05, 3.63) is 53.1 Å². The summed E-state index contributed by atoms with van der Waals surface area (Å²) >= 11 is 0. The van der Waals surface area contributed by atoms with Crippen molar-refractivity contribution in [2.24, 2.45) is 0 Å². The van der Waals surface area contributed by atoms with Crippen molar-refractivity contribution in [3.63, 3.8) is 0 Å². The van der Waals surface area contributed by atoms with Crippen molar-refractivity contribution in [2.45, 2.75) is 40.0 Å². The van der Waals surface area contributed by atoms with Gasteiger partial charge < -0.3 is 10.1 Å². The second kappa shape index (κ2) is 7.81. The van der Waals surface area contributed by atoms with E-state index in [1.54, 1.807) is 0 Å². The average molecular weight is 365 g/mol. The van der Waals surface area contributed by atoms with Crippen LogP contribution in [0.3, 0.4) is 0 Å². The molecule has 0 aliphatic carbocycles. The third-order valence-electron chi connectivity index (χ3n) is 4.03. The maximum absolute atomic E-state index is 13.8. The van der Waals surface area contributed by atoms with Gasteiger partial charge in [-0.3, -0.25) is 4.79 Å². The molecule has 0 amide bonds. The van der Waals surface area contributed by atoms with Gasteiger partial charge in [0.2, 0.25) is 0 Å². The Hall–Kier alpha value is -2.50. The minimum absolute atomic E-state index is 0.0478. The second-order valence-corrected chi connectivity index (χ2v) is 6.05. The molecule has 140 valence electrons. The van der Waals surface area contributed by atoms with Gasteiger partial charge in [0.25, 0.3) is 0 Å². The number of aryl methyl sites for hydroxylation is 1. The molecule has 0 saturated carbocycles. The maximum atomic E-state index is 13.8. The molecule has 0 radical (unpaired) electrons. The number of carbonyl (C=O) groups excluding carboxylic acids is 1. The number of nitrogens with one attached hydrogen (secondary N) is 1. The van der Waals surface area contributed by atoms with Crippen LogP contribution in [0.15, 0.2) is 36.4 Å². The quantitative estimate of drug-likeness (QED) is 0.687. The van der Waals surface area contributed by atoms with Crippen LogP contribution in [0, 0.1) is 6.92 Å². The van der Waals surface area contributed by atoms with E-state index in [0.717, 1.165) is 5.56 Å². The lowest BCUT2D eigenvalue weighted by atomic mass is 9.89. The van der Waals surface area contributed by atoms with Gasteiger partial charge in [0, 0.05) is 30.3 Å². The van der Waals surface area contributed by atoms with Crippen LogP contribution in [-0.4, -0.2) is 12.5 Å². The Morgan fingerprint density at radius 3 is 2.35 bits per heavy atom. The molecule has 26 heavy (non-hydrogen) atoms. The Bertz CT molecular complexity index is 786. The lowest BCUT2D eigenvalue weighted by molar-refractivity contribution is -0.149. The molecular weight excluding hydrogens is 343 g/mol. The van der Waals surface area contributed by atoms with Gasteiger partial charge in [0.15, 0.2) is 0 Å². The fourth-order valence-electron chi connectivity index (χ4n) is 3.15. The summed E-state index contributed by atoms with van der Waals surface area (Å²) < 4.78 is 46.5. The number of halogens is 3. The van der Waals surface area contributed by atoms with Crippen LogP contribution >= 0.6 is 0 Å². The molecule has 0 aliphatic rings. The molecule has 1 unspecified atom stereocenters. The lowest BCUT2D eigenvalue weighted by Gasteiger charge is -2.26. The van der Waals surface area contributed by atoms with E-state index in [9.17, 15) is 18.0 Å². The summed E-state index contributed by atoms with van der Waals surface area (Å²) in [5.41, 5.74) is 1.05. The number of hydrogen-bond donors (Lipinski definition) is 1. The smallest absolute Gasteiger partial charge is 0.417 e. The molecule has 2 aromatic rings. The Labute approximate surface area is 151 Å². The molecule has 2 aromatic carbocycles. The van der Waals surface area contributed by atoms with E-state index in [4.69, 9.17) is 4.74 Å². The average Bonchev–Trinajstić information content (AvgIpc) is 2.54. The molecule has 0 aliphatic heterocycles. The minimum Gasteiger partial charge on any atom is -0.458 e. The largest absolute Gasteiger partial charge is 0.458 e. The van der Waals surface area contributed by atoms with E-state index < -0.39 is 23.8 Å². The third kappa shape index (κ3) is 4.18. The summed E-state index contributed by atoms with van der Waals surface area (Å²) in [6, 6.07) is 10.7. The van der Waals surface area contributed by atoms with Gasteiger partial charge in [-0.2, -0.15) is 13.2 Å². The summed E-state index contributed by atoms with van der Waals surface area (Å²) in [6.45, 7) is 6.31. The zero-order valence-electron chi connectivity index (χ0n) is 15.2. The number of esters is 1. The molecule has 0 spiro atoms. The van der Waals surface area contributed by atoms with Crippen LogP contribution in [0.4, 0.5) is 18.9 Å².